The van der Waals surface area contributed by atoms with E-state index >= 15 is 0 Å². The fourth-order valence-corrected chi connectivity index (χ4v) is 6.91. The van der Waals surface area contributed by atoms with Gasteiger partial charge in [0.1, 0.15) is 21.1 Å². The van der Waals surface area contributed by atoms with E-state index in [0.717, 1.165) is 38.3 Å². The molecule has 2 heterocycles. The van der Waals surface area contributed by atoms with E-state index in [9.17, 15) is 0 Å². The maximum absolute atomic E-state index is 9.02. The lowest BCUT2D eigenvalue weighted by Crippen LogP contribution is -2.07. The number of hydrogen-bond acceptors (Lipinski definition) is 5. The van der Waals surface area contributed by atoms with Crippen LogP contribution in [0.5, 0.6) is 0 Å². The molecule has 6 rings (SSSR count). The second kappa shape index (κ2) is 12.3. The van der Waals surface area contributed by atoms with Crippen LogP contribution in [0.4, 0.5) is 32.8 Å². The largest absolute Gasteiger partial charge is 0.302 e. The first-order valence-electron chi connectivity index (χ1n) is 13.0. The number of allylic oxidation sites excluding steroid dienone is 1. The van der Waals surface area contributed by atoms with Gasteiger partial charge in [0, 0.05) is 32.5 Å². The number of halogens is 1. The van der Waals surface area contributed by atoms with Gasteiger partial charge in [-0.25, -0.2) is 0 Å². The van der Waals surface area contributed by atoms with Crippen molar-refractivity contribution in [2.75, 3.05) is 9.80 Å². The Morgan fingerprint density at radius 2 is 0.927 bits per heavy atom. The van der Waals surface area contributed by atoms with Gasteiger partial charge in [-0.3, -0.25) is 0 Å². The predicted octanol–water partition coefficient (Wildman–Crippen LogP) is 11.5. The van der Waals surface area contributed by atoms with Gasteiger partial charge in [0.2, 0.25) is 0 Å². The normalized spacial score (nSPS) is 11.2. The second-order valence-electron chi connectivity index (χ2n) is 9.15. The average molecular weight is 586 g/mol. The van der Waals surface area contributed by atoms with Crippen molar-refractivity contribution in [1.82, 2.24) is 0 Å². The monoisotopic (exact) mass is 585 g/mol. The van der Waals surface area contributed by atoms with Crippen molar-refractivity contribution >= 4 is 73.1 Å². The summed E-state index contributed by atoms with van der Waals surface area (Å²) < 4.78 is 0. The highest BCUT2D eigenvalue weighted by Gasteiger charge is 2.18. The lowest BCUT2D eigenvalue weighted by atomic mass is 10.1. The van der Waals surface area contributed by atoms with Crippen LogP contribution in [0.3, 0.4) is 0 Å². The summed E-state index contributed by atoms with van der Waals surface area (Å²) in [5.74, 6) is 0. The minimum Gasteiger partial charge on any atom is -0.302 e. The number of para-hydroxylation sites is 3. The molecule has 0 spiro atoms. The molecular formula is C35H24ClN3S2. The molecule has 0 atom stereocenters. The molecule has 0 fully saturated rings. The summed E-state index contributed by atoms with van der Waals surface area (Å²) in [5.41, 5.74) is 5.24. The molecule has 0 saturated carbocycles. The Hall–Kier alpha value is -4.60. The molecule has 3 nitrogen and oxygen atoms in total. The zero-order valence-corrected chi connectivity index (χ0v) is 24.3. The molecule has 0 radical (unpaired) electrons. The van der Waals surface area contributed by atoms with Gasteiger partial charge >= 0.3 is 0 Å². The van der Waals surface area contributed by atoms with Crippen molar-refractivity contribution in [3.05, 3.63) is 150 Å². The summed E-state index contributed by atoms with van der Waals surface area (Å²) >= 11 is 9.48. The van der Waals surface area contributed by atoms with Crippen LogP contribution in [0.2, 0.25) is 0 Å². The molecule has 6 heteroatoms. The number of benzene rings is 4. The summed E-state index contributed by atoms with van der Waals surface area (Å²) in [7, 11) is 0. The van der Waals surface area contributed by atoms with Crippen molar-refractivity contribution in [1.29, 1.82) is 5.26 Å². The maximum atomic E-state index is 9.02. The molecule has 0 N–H and O–H groups in total. The maximum Gasteiger partial charge on any atom is 0.118 e. The molecule has 0 aliphatic heterocycles. The van der Waals surface area contributed by atoms with Crippen LogP contribution >= 0.6 is 34.3 Å². The molecule has 0 aliphatic carbocycles. The smallest absolute Gasteiger partial charge is 0.118 e. The highest BCUT2D eigenvalue weighted by molar-refractivity contribution is 7.26. The number of hydrogen-bond donors (Lipinski definition) is 0. The Balaban J connectivity index is 1.35. The summed E-state index contributed by atoms with van der Waals surface area (Å²) in [5, 5.41) is 11.5. The van der Waals surface area contributed by atoms with Crippen LogP contribution in [0.1, 0.15) is 5.56 Å². The Kier molecular flexibility index (Phi) is 7.97. The van der Waals surface area contributed by atoms with E-state index in [4.69, 9.17) is 16.9 Å². The van der Waals surface area contributed by atoms with Gasteiger partial charge in [-0.05, 0) is 84.4 Å². The third kappa shape index (κ3) is 5.96. The van der Waals surface area contributed by atoms with Crippen LogP contribution in [-0.2, 0) is 0 Å². The Labute approximate surface area is 253 Å². The first-order valence-corrected chi connectivity index (χ1v) is 15.0. The minimum absolute atomic E-state index is 0.161. The van der Waals surface area contributed by atoms with Gasteiger partial charge in [-0.15, -0.1) is 22.7 Å². The van der Waals surface area contributed by atoms with Crippen molar-refractivity contribution in [3.8, 4) is 15.8 Å². The van der Waals surface area contributed by atoms with E-state index in [1.807, 2.05) is 48.5 Å². The summed E-state index contributed by atoms with van der Waals surface area (Å²) in [4.78, 5) is 6.97. The molecular weight excluding hydrogens is 562 g/mol. The first-order chi connectivity index (χ1) is 20.2. The van der Waals surface area contributed by atoms with Crippen LogP contribution in [0.15, 0.2) is 145 Å². The van der Waals surface area contributed by atoms with Crippen molar-refractivity contribution in [2.45, 2.75) is 0 Å². The van der Waals surface area contributed by atoms with Gasteiger partial charge < -0.3 is 9.80 Å². The number of thiophene rings is 2. The van der Waals surface area contributed by atoms with Gasteiger partial charge in [-0.1, -0.05) is 78.3 Å². The van der Waals surface area contributed by atoms with Crippen LogP contribution in [-0.4, -0.2) is 0 Å². The van der Waals surface area contributed by atoms with E-state index in [-0.39, 0.29) is 5.03 Å². The Morgan fingerprint density at radius 3 is 1.32 bits per heavy atom. The third-order valence-corrected chi connectivity index (χ3v) is 8.99. The standard InChI is InChI=1S/C35H24ClN3S2/c36-27(25-37)24-26-16-18-31(19-17-26)39(30-14-8-3-9-15-30)35-23-21-33(41-35)32-20-22-34(40-32)38(28-10-4-1-5-11-28)29-12-6-2-7-13-29/h1-24H/b27-24+. The van der Waals surface area contributed by atoms with Crippen LogP contribution < -0.4 is 9.80 Å². The zero-order valence-electron chi connectivity index (χ0n) is 21.9. The van der Waals surface area contributed by atoms with Crippen LogP contribution in [0.25, 0.3) is 15.8 Å². The SMILES string of the molecule is N#C/C(Cl)=C\c1ccc(N(c2ccccc2)c2ccc(-c3ccc(N(c4ccccc4)c4ccccc4)s3)s2)cc1. The number of rotatable bonds is 8. The molecule has 198 valence electrons. The summed E-state index contributed by atoms with van der Waals surface area (Å²) in [6, 6.07) is 50.1. The van der Waals surface area contributed by atoms with E-state index in [2.05, 4.69) is 107 Å². The molecule has 2 aromatic heterocycles. The molecule has 41 heavy (non-hydrogen) atoms. The molecule has 4 aromatic carbocycles. The lowest BCUT2D eigenvalue weighted by Gasteiger charge is -2.23. The summed E-state index contributed by atoms with van der Waals surface area (Å²) in [6.07, 6.45) is 1.67. The molecule has 0 bridgehead atoms. The van der Waals surface area contributed by atoms with Crippen molar-refractivity contribution < 1.29 is 0 Å². The van der Waals surface area contributed by atoms with Gasteiger partial charge in [0.05, 0.1) is 0 Å². The molecule has 0 saturated heterocycles. The molecule has 0 amide bonds. The summed E-state index contributed by atoms with van der Waals surface area (Å²) in [6.45, 7) is 0. The van der Waals surface area contributed by atoms with Crippen molar-refractivity contribution in [3.63, 3.8) is 0 Å². The molecule has 0 aliphatic rings. The number of nitriles is 1. The molecule has 6 aromatic rings. The minimum atomic E-state index is 0.161. The van der Waals surface area contributed by atoms with Gasteiger partial charge in [0.25, 0.3) is 0 Å². The third-order valence-electron chi connectivity index (χ3n) is 6.46. The second-order valence-corrected chi connectivity index (χ2v) is 11.7. The van der Waals surface area contributed by atoms with E-state index in [1.54, 1.807) is 28.7 Å². The number of nitrogens with zero attached hydrogens (tertiary/aromatic N) is 3. The van der Waals surface area contributed by atoms with Crippen LogP contribution in [0, 0.1) is 11.3 Å². The van der Waals surface area contributed by atoms with E-state index in [0.29, 0.717) is 0 Å². The highest BCUT2D eigenvalue weighted by Crippen LogP contribution is 2.46. The van der Waals surface area contributed by atoms with E-state index < -0.39 is 0 Å². The first kappa shape index (κ1) is 26.6. The van der Waals surface area contributed by atoms with E-state index in [1.165, 1.54) is 9.75 Å². The number of anilines is 6. The average Bonchev–Trinajstić information content (AvgIpc) is 3.71. The quantitative estimate of drug-likeness (QED) is 0.166. The Bertz CT molecular complexity index is 1760. The fourth-order valence-electron chi connectivity index (χ4n) is 4.60. The van der Waals surface area contributed by atoms with Gasteiger partial charge in [-0.2, -0.15) is 5.26 Å². The van der Waals surface area contributed by atoms with Crippen molar-refractivity contribution in [2.24, 2.45) is 0 Å². The lowest BCUT2D eigenvalue weighted by molar-refractivity contribution is 1.31. The highest BCUT2D eigenvalue weighted by atomic mass is 35.5. The fraction of sp³-hybridized carbons (Fsp3) is 0. The topological polar surface area (TPSA) is 30.3 Å². The zero-order chi connectivity index (χ0) is 28.0. The Morgan fingerprint density at radius 1 is 0.537 bits per heavy atom. The molecule has 0 unspecified atom stereocenters. The van der Waals surface area contributed by atoms with Gasteiger partial charge in [0.15, 0.2) is 0 Å². The predicted molar refractivity (Wildman–Crippen MR) is 176 cm³/mol.